The molecule has 2 saturated heterocycles. The summed E-state index contributed by atoms with van der Waals surface area (Å²) in [5.41, 5.74) is 2.72. The van der Waals surface area contributed by atoms with Gasteiger partial charge in [0.15, 0.2) is 5.65 Å². The molecule has 0 saturated carbocycles. The van der Waals surface area contributed by atoms with Crippen molar-refractivity contribution in [2.75, 3.05) is 44.3 Å². The standard InChI is InChI=1S/C21H22F2N6O2/c22-21(23)1-3-28(4-2-21)20(30)16-9-15-12-26-29(19(15)25-11-16)18-10-17(13-24-14-18)27-5-7-31-8-6-27/h9-14H,1-8H2. The molecule has 162 valence electrons. The summed E-state index contributed by atoms with van der Waals surface area (Å²) in [6.07, 6.45) is 6.04. The van der Waals surface area contributed by atoms with Crippen LogP contribution in [0.15, 0.2) is 36.9 Å². The van der Waals surface area contributed by atoms with Gasteiger partial charge in [-0.15, -0.1) is 0 Å². The van der Waals surface area contributed by atoms with E-state index in [1.165, 1.54) is 11.1 Å². The second-order valence-electron chi connectivity index (χ2n) is 7.84. The topological polar surface area (TPSA) is 76.4 Å². The number of amides is 1. The van der Waals surface area contributed by atoms with Crippen molar-refractivity contribution in [3.05, 3.63) is 42.5 Å². The van der Waals surface area contributed by atoms with Crippen LogP contribution in [0.1, 0.15) is 23.2 Å². The highest BCUT2D eigenvalue weighted by molar-refractivity contribution is 5.97. The molecule has 2 fully saturated rings. The highest BCUT2D eigenvalue weighted by atomic mass is 19.3. The van der Waals surface area contributed by atoms with E-state index in [0.29, 0.717) is 29.8 Å². The van der Waals surface area contributed by atoms with E-state index in [1.54, 1.807) is 23.1 Å². The molecule has 3 aromatic rings. The molecule has 5 heterocycles. The van der Waals surface area contributed by atoms with E-state index >= 15 is 0 Å². The van der Waals surface area contributed by atoms with Gasteiger partial charge in [-0.2, -0.15) is 5.10 Å². The van der Waals surface area contributed by atoms with Crippen molar-refractivity contribution < 1.29 is 18.3 Å². The summed E-state index contributed by atoms with van der Waals surface area (Å²) in [6, 6.07) is 3.71. The summed E-state index contributed by atoms with van der Waals surface area (Å²) in [4.78, 5) is 25.2. The molecule has 0 radical (unpaired) electrons. The molecule has 2 aliphatic rings. The molecule has 0 aromatic carbocycles. The Morgan fingerprint density at radius 2 is 1.71 bits per heavy atom. The van der Waals surface area contributed by atoms with E-state index in [2.05, 4.69) is 20.0 Å². The Morgan fingerprint density at radius 1 is 0.968 bits per heavy atom. The predicted molar refractivity (Wildman–Crippen MR) is 110 cm³/mol. The molecule has 0 atom stereocenters. The third-order valence-corrected chi connectivity index (χ3v) is 5.77. The number of carbonyl (C=O) groups excluding carboxylic acids is 1. The average molecular weight is 428 g/mol. The molecular weight excluding hydrogens is 406 g/mol. The molecule has 0 aliphatic carbocycles. The number of pyridine rings is 2. The van der Waals surface area contributed by atoms with Gasteiger partial charge in [-0.3, -0.25) is 9.78 Å². The minimum Gasteiger partial charge on any atom is -0.378 e. The van der Waals surface area contributed by atoms with Crippen LogP contribution in [-0.4, -0.2) is 75.9 Å². The molecule has 0 unspecified atom stereocenters. The number of carbonyl (C=O) groups is 1. The normalized spacial score (nSPS) is 19.0. The van der Waals surface area contributed by atoms with Gasteiger partial charge in [-0.25, -0.2) is 18.4 Å². The van der Waals surface area contributed by atoms with E-state index in [4.69, 9.17) is 4.74 Å². The van der Waals surface area contributed by atoms with E-state index in [9.17, 15) is 13.6 Å². The summed E-state index contributed by atoms with van der Waals surface area (Å²) in [7, 11) is 0. The van der Waals surface area contributed by atoms with Crippen LogP contribution < -0.4 is 4.90 Å². The fourth-order valence-electron chi connectivity index (χ4n) is 3.97. The zero-order valence-corrected chi connectivity index (χ0v) is 16.9. The summed E-state index contributed by atoms with van der Waals surface area (Å²) >= 11 is 0. The third-order valence-electron chi connectivity index (χ3n) is 5.77. The first kappa shape index (κ1) is 19.8. The number of piperidine rings is 1. The Morgan fingerprint density at radius 3 is 2.48 bits per heavy atom. The lowest BCUT2D eigenvalue weighted by atomic mass is 10.1. The van der Waals surface area contributed by atoms with Gasteiger partial charge in [0.2, 0.25) is 0 Å². The molecule has 31 heavy (non-hydrogen) atoms. The molecule has 2 aliphatic heterocycles. The zero-order chi connectivity index (χ0) is 21.4. The fourth-order valence-corrected chi connectivity index (χ4v) is 3.97. The zero-order valence-electron chi connectivity index (χ0n) is 16.9. The number of likely N-dealkylation sites (tertiary alicyclic amines) is 1. The van der Waals surface area contributed by atoms with Gasteiger partial charge in [0.05, 0.1) is 48.7 Å². The Hall–Kier alpha value is -3.14. The quantitative estimate of drug-likeness (QED) is 0.638. The Kier molecular flexibility index (Phi) is 5.01. The van der Waals surface area contributed by atoms with Gasteiger partial charge in [-0.05, 0) is 12.1 Å². The van der Waals surface area contributed by atoms with Crippen LogP contribution in [0.25, 0.3) is 16.7 Å². The highest BCUT2D eigenvalue weighted by Crippen LogP contribution is 2.29. The number of hydrogen-bond acceptors (Lipinski definition) is 6. The van der Waals surface area contributed by atoms with E-state index in [1.807, 2.05) is 12.3 Å². The summed E-state index contributed by atoms with van der Waals surface area (Å²) in [5.74, 6) is -2.97. The van der Waals surface area contributed by atoms with E-state index in [-0.39, 0.29) is 31.8 Å². The monoisotopic (exact) mass is 428 g/mol. The first-order valence-corrected chi connectivity index (χ1v) is 10.3. The van der Waals surface area contributed by atoms with Crippen LogP contribution in [0.5, 0.6) is 0 Å². The largest absolute Gasteiger partial charge is 0.378 e. The second-order valence-corrected chi connectivity index (χ2v) is 7.84. The fraction of sp³-hybridized carbons (Fsp3) is 0.429. The Balaban J connectivity index is 1.39. The van der Waals surface area contributed by atoms with Crippen LogP contribution in [0.4, 0.5) is 14.5 Å². The van der Waals surface area contributed by atoms with Crippen LogP contribution in [0.2, 0.25) is 0 Å². The number of ether oxygens (including phenoxy) is 1. The van der Waals surface area contributed by atoms with Crippen LogP contribution in [0, 0.1) is 0 Å². The van der Waals surface area contributed by atoms with Crippen LogP contribution >= 0.6 is 0 Å². The lowest BCUT2D eigenvalue weighted by Crippen LogP contribution is -2.42. The number of hydrogen-bond donors (Lipinski definition) is 0. The van der Waals surface area contributed by atoms with Gasteiger partial charge in [0, 0.05) is 50.6 Å². The van der Waals surface area contributed by atoms with Crippen molar-refractivity contribution in [1.29, 1.82) is 0 Å². The van der Waals surface area contributed by atoms with E-state index in [0.717, 1.165) is 24.5 Å². The lowest BCUT2D eigenvalue weighted by Gasteiger charge is -2.31. The first-order valence-electron chi connectivity index (χ1n) is 10.3. The van der Waals surface area contributed by atoms with Crippen molar-refractivity contribution >= 4 is 22.6 Å². The van der Waals surface area contributed by atoms with Crippen molar-refractivity contribution in [2.24, 2.45) is 0 Å². The number of halogens is 2. The molecular formula is C21H22F2N6O2. The maximum absolute atomic E-state index is 13.4. The van der Waals surface area contributed by atoms with Crippen LogP contribution in [0.3, 0.4) is 0 Å². The molecule has 0 bridgehead atoms. The molecule has 8 nitrogen and oxygen atoms in total. The van der Waals surface area contributed by atoms with Crippen molar-refractivity contribution in [3.8, 4) is 5.69 Å². The number of alkyl halides is 2. The number of nitrogens with zero attached hydrogens (tertiary/aromatic N) is 6. The Bertz CT molecular complexity index is 1100. The Labute approximate surface area is 177 Å². The van der Waals surface area contributed by atoms with Crippen molar-refractivity contribution in [1.82, 2.24) is 24.6 Å². The SMILES string of the molecule is O=C(c1cnc2c(cnn2-c2cncc(N3CCOCC3)c2)c1)N1CCC(F)(F)CC1. The second kappa shape index (κ2) is 7.84. The molecule has 0 spiro atoms. The summed E-state index contributed by atoms with van der Waals surface area (Å²) < 4.78 is 33.9. The molecule has 0 N–H and O–H groups in total. The molecule has 10 heteroatoms. The minimum atomic E-state index is -2.69. The number of rotatable bonds is 3. The number of aromatic nitrogens is 4. The minimum absolute atomic E-state index is 0.0448. The van der Waals surface area contributed by atoms with Crippen LogP contribution in [-0.2, 0) is 4.74 Å². The molecule has 5 rings (SSSR count). The number of fused-ring (bicyclic) bond motifs is 1. The van der Waals surface area contributed by atoms with Crippen molar-refractivity contribution in [3.63, 3.8) is 0 Å². The number of anilines is 1. The molecule has 1 amide bonds. The third kappa shape index (κ3) is 3.95. The van der Waals surface area contributed by atoms with Gasteiger partial charge in [0.1, 0.15) is 0 Å². The lowest BCUT2D eigenvalue weighted by molar-refractivity contribution is -0.0494. The summed E-state index contributed by atoms with van der Waals surface area (Å²) in [5, 5.41) is 5.13. The first-order chi connectivity index (χ1) is 15.0. The summed E-state index contributed by atoms with van der Waals surface area (Å²) in [6.45, 7) is 3.06. The molecule has 3 aromatic heterocycles. The van der Waals surface area contributed by atoms with E-state index < -0.39 is 5.92 Å². The predicted octanol–water partition coefficient (Wildman–Crippen LogP) is 2.52. The maximum atomic E-state index is 13.4. The maximum Gasteiger partial charge on any atom is 0.255 e. The number of morpholine rings is 1. The van der Waals surface area contributed by atoms with Gasteiger partial charge < -0.3 is 14.5 Å². The van der Waals surface area contributed by atoms with Gasteiger partial charge in [-0.1, -0.05) is 0 Å². The average Bonchev–Trinajstić information content (AvgIpc) is 3.23. The smallest absolute Gasteiger partial charge is 0.255 e. The van der Waals surface area contributed by atoms with Gasteiger partial charge >= 0.3 is 0 Å². The van der Waals surface area contributed by atoms with Crippen molar-refractivity contribution in [2.45, 2.75) is 18.8 Å². The highest BCUT2D eigenvalue weighted by Gasteiger charge is 2.35. The van der Waals surface area contributed by atoms with Gasteiger partial charge in [0.25, 0.3) is 11.8 Å².